The van der Waals surface area contributed by atoms with Crippen molar-refractivity contribution in [2.24, 2.45) is 0 Å². The van der Waals surface area contributed by atoms with E-state index in [9.17, 15) is 4.79 Å². The molecule has 0 atom stereocenters. The van der Waals surface area contributed by atoms with Crippen LogP contribution in [0.1, 0.15) is 35.1 Å². The maximum absolute atomic E-state index is 11.9. The van der Waals surface area contributed by atoms with Crippen molar-refractivity contribution in [2.45, 2.75) is 18.8 Å². The van der Waals surface area contributed by atoms with Gasteiger partial charge in [-0.15, -0.1) is 0 Å². The summed E-state index contributed by atoms with van der Waals surface area (Å²) in [6, 6.07) is 5.35. The van der Waals surface area contributed by atoms with Crippen LogP contribution >= 0.6 is 11.6 Å². The van der Waals surface area contributed by atoms with Crippen LogP contribution in [0.25, 0.3) is 5.52 Å². The van der Waals surface area contributed by atoms with E-state index in [1.165, 1.54) is 7.11 Å². The average Bonchev–Trinajstić information content (AvgIpc) is 2.85. The monoisotopic (exact) mass is 294 g/mol. The van der Waals surface area contributed by atoms with E-state index in [2.05, 4.69) is 4.98 Å². The molecule has 5 nitrogen and oxygen atoms in total. The van der Waals surface area contributed by atoms with Crippen LogP contribution < -0.4 is 0 Å². The third-order valence-corrected chi connectivity index (χ3v) is 3.90. The molecule has 3 rings (SSSR count). The van der Waals surface area contributed by atoms with E-state index in [0.717, 1.165) is 24.2 Å². The Kier molecular flexibility index (Phi) is 3.63. The average molecular weight is 295 g/mol. The van der Waals surface area contributed by atoms with Gasteiger partial charge in [0.2, 0.25) is 0 Å². The first-order valence-corrected chi connectivity index (χ1v) is 6.93. The van der Waals surface area contributed by atoms with Crippen molar-refractivity contribution in [1.29, 1.82) is 0 Å². The quantitative estimate of drug-likeness (QED) is 0.799. The summed E-state index contributed by atoms with van der Waals surface area (Å²) in [7, 11) is 1.37. The minimum atomic E-state index is -0.391. The molecule has 0 aliphatic carbocycles. The predicted molar refractivity (Wildman–Crippen MR) is 74.3 cm³/mol. The molecule has 2 aromatic rings. The van der Waals surface area contributed by atoms with Crippen LogP contribution in [0.5, 0.6) is 0 Å². The Hall–Kier alpha value is -1.59. The van der Waals surface area contributed by atoms with Crippen LogP contribution in [0.2, 0.25) is 5.15 Å². The fourth-order valence-electron chi connectivity index (χ4n) is 2.62. The number of aromatic nitrogens is 2. The number of carbonyl (C=O) groups is 1. The number of imidazole rings is 1. The maximum Gasteiger partial charge on any atom is 0.355 e. The number of fused-ring (bicyclic) bond motifs is 1. The third kappa shape index (κ3) is 2.17. The molecule has 3 heterocycles. The lowest BCUT2D eigenvalue weighted by atomic mass is 9.99. The largest absolute Gasteiger partial charge is 0.464 e. The molecule has 0 unspecified atom stereocenters. The number of pyridine rings is 1. The van der Waals surface area contributed by atoms with E-state index in [4.69, 9.17) is 21.1 Å². The molecule has 0 amide bonds. The molecule has 2 aromatic heterocycles. The molecule has 106 valence electrons. The Labute approximate surface area is 121 Å². The molecule has 0 bridgehead atoms. The van der Waals surface area contributed by atoms with Crippen LogP contribution in [0.15, 0.2) is 18.2 Å². The topological polar surface area (TPSA) is 52.8 Å². The highest BCUT2D eigenvalue weighted by molar-refractivity contribution is 6.32. The molecule has 0 saturated carbocycles. The second-order valence-electron chi connectivity index (χ2n) is 4.77. The Bertz CT molecular complexity index is 647. The Balaban J connectivity index is 2.18. The fraction of sp³-hybridized carbons (Fsp3) is 0.429. The predicted octanol–water partition coefficient (Wildman–Crippen LogP) is 2.67. The lowest BCUT2D eigenvalue weighted by molar-refractivity contribution is 0.0590. The van der Waals surface area contributed by atoms with E-state index in [1.807, 2.05) is 10.5 Å². The smallest absolute Gasteiger partial charge is 0.355 e. The van der Waals surface area contributed by atoms with Gasteiger partial charge in [-0.2, -0.15) is 0 Å². The van der Waals surface area contributed by atoms with Crippen LogP contribution in [0.4, 0.5) is 0 Å². The van der Waals surface area contributed by atoms with Gasteiger partial charge in [-0.1, -0.05) is 17.7 Å². The van der Waals surface area contributed by atoms with Crippen LogP contribution in [-0.2, 0) is 9.47 Å². The van der Waals surface area contributed by atoms with Crippen LogP contribution in [-0.4, -0.2) is 35.7 Å². The molecule has 0 radical (unpaired) electrons. The number of nitrogens with zero attached hydrogens (tertiary/aromatic N) is 2. The van der Waals surface area contributed by atoms with Crippen molar-refractivity contribution < 1.29 is 14.3 Å². The molecule has 6 heteroatoms. The molecule has 1 aliphatic heterocycles. The van der Waals surface area contributed by atoms with Crippen LogP contribution in [0.3, 0.4) is 0 Å². The molecule has 1 saturated heterocycles. The number of esters is 1. The molecule has 20 heavy (non-hydrogen) atoms. The Morgan fingerprint density at radius 1 is 1.45 bits per heavy atom. The number of carbonyl (C=O) groups excluding carboxylic acids is 1. The third-order valence-electron chi connectivity index (χ3n) is 3.62. The number of ether oxygens (including phenoxy) is 2. The van der Waals surface area contributed by atoms with E-state index in [1.54, 1.807) is 12.1 Å². The van der Waals surface area contributed by atoms with Gasteiger partial charge in [-0.3, -0.25) is 4.40 Å². The van der Waals surface area contributed by atoms with Gasteiger partial charge in [0.25, 0.3) is 0 Å². The fourth-order valence-corrected chi connectivity index (χ4v) is 2.85. The zero-order valence-electron chi connectivity index (χ0n) is 11.1. The SMILES string of the molecule is COC(=O)c1cccc2c(Cl)nc(C3CCOCC3)n12. The molecular formula is C14H15ClN2O3. The van der Waals surface area contributed by atoms with E-state index in [-0.39, 0.29) is 5.92 Å². The summed E-state index contributed by atoms with van der Waals surface area (Å²) >= 11 is 6.20. The summed E-state index contributed by atoms with van der Waals surface area (Å²) in [6.45, 7) is 1.41. The number of halogens is 1. The Morgan fingerprint density at radius 2 is 2.20 bits per heavy atom. The van der Waals surface area contributed by atoms with Gasteiger partial charge < -0.3 is 9.47 Å². The first-order chi connectivity index (χ1) is 9.72. The van der Waals surface area contributed by atoms with E-state index >= 15 is 0 Å². The zero-order valence-corrected chi connectivity index (χ0v) is 11.9. The van der Waals surface area contributed by atoms with Gasteiger partial charge in [0, 0.05) is 19.1 Å². The minimum Gasteiger partial charge on any atom is -0.464 e. The summed E-state index contributed by atoms with van der Waals surface area (Å²) in [5, 5.41) is 0.414. The van der Waals surface area contributed by atoms with E-state index < -0.39 is 5.97 Å². The molecule has 0 spiro atoms. The summed E-state index contributed by atoms with van der Waals surface area (Å²) in [5.74, 6) is 0.668. The summed E-state index contributed by atoms with van der Waals surface area (Å²) in [6.07, 6.45) is 1.76. The molecular weight excluding hydrogens is 280 g/mol. The first kappa shape index (κ1) is 13.4. The summed E-state index contributed by atoms with van der Waals surface area (Å²) in [4.78, 5) is 16.4. The first-order valence-electron chi connectivity index (χ1n) is 6.55. The Morgan fingerprint density at radius 3 is 2.90 bits per heavy atom. The summed E-state index contributed by atoms with van der Waals surface area (Å²) in [5.41, 5.74) is 1.18. The highest BCUT2D eigenvalue weighted by Gasteiger charge is 2.25. The van der Waals surface area contributed by atoms with Gasteiger partial charge in [0.15, 0.2) is 5.15 Å². The highest BCUT2D eigenvalue weighted by atomic mass is 35.5. The zero-order chi connectivity index (χ0) is 14.1. The maximum atomic E-state index is 11.9. The molecule has 0 aromatic carbocycles. The van der Waals surface area contributed by atoms with Crippen molar-refractivity contribution in [1.82, 2.24) is 9.38 Å². The number of rotatable bonds is 2. The van der Waals surface area contributed by atoms with Crippen LogP contribution in [0, 0.1) is 0 Å². The van der Waals surface area contributed by atoms with Gasteiger partial charge in [0.05, 0.1) is 12.6 Å². The highest BCUT2D eigenvalue weighted by Crippen LogP contribution is 2.30. The lowest BCUT2D eigenvalue weighted by Crippen LogP contribution is -2.18. The molecule has 0 N–H and O–H groups in total. The van der Waals surface area contributed by atoms with Crippen molar-refractivity contribution in [3.05, 3.63) is 34.9 Å². The lowest BCUT2D eigenvalue weighted by Gasteiger charge is -2.21. The second-order valence-corrected chi connectivity index (χ2v) is 5.13. The van der Waals surface area contributed by atoms with Crippen molar-refractivity contribution in [3.63, 3.8) is 0 Å². The normalized spacial score (nSPS) is 16.5. The second kappa shape index (κ2) is 5.42. The number of hydrogen-bond donors (Lipinski definition) is 0. The van der Waals surface area contributed by atoms with Crippen molar-refractivity contribution in [2.75, 3.05) is 20.3 Å². The van der Waals surface area contributed by atoms with Gasteiger partial charge in [-0.25, -0.2) is 9.78 Å². The van der Waals surface area contributed by atoms with Crippen molar-refractivity contribution in [3.8, 4) is 0 Å². The standard InChI is InChI=1S/C14H15ClN2O3/c1-19-14(18)11-4-2-3-10-12(15)16-13(17(10)11)9-5-7-20-8-6-9/h2-4,9H,5-8H2,1H3. The van der Waals surface area contributed by atoms with E-state index in [0.29, 0.717) is 24.1 Å². The minimum absolute atomic E-state index is 0.245. The molecule has 1 fully saturated rings. The van der Waals surface area contributed by atoms with Crippen molar-refractivity contribution >= 4 is 23.1 Å². The number of methoxy groups -OCH3 is 1. The van der Waals surface area contributed by atoms with Gasteiger partial charge >= 0.3 is 5.97 Å². The molecule has 1 aliphatic rings. The van der Waals surface area contributed by atoms with Gasteiger partial charge in [-0.05, 0) is 25.0 Å². The number of hydrogen-bond acceptors (Lipinski definition) is 4. The summed E-state index contributed by atoms with van der Waals surface area (Å²) < 4.78 is 12.0. The van der Waals surface area contributed by atoms with Gasteiger partial charge in [0.1, 0.15) is 11.5 Å².